The van der Waals surface area contributed by atoms with Gasteiger partial charge in [0, 0.05) is 25.5 Å². The number of methoxy groups -OCH3 is 1. The number of hydrogen-bond donors (Lipinski definition) is 0. The lowest BCUT2D eigenvalue weighted by atomic mass is 10.1. The third kappa shape index (κ3) is 4.19. The second-order valence-corrected chi connectivity index (χ2v) is 6.92. The lowest BCUT2D eigenvalue weighted by Crippen LogP contribution is -2.00. The molecule has 0 radical (unpaired) electrons. The third-order valence-electron chi connectivity index (χ3n) is 4.15. The van der Waals surface area contributed by atoms with Crippen molar-refractivity contribution in [1.82, 2.24) is 24.5 Å². The molecule has 2 heterocycles. The highest BCUT2D eigenvalue weighted by atomic mass is 32.2. The SMILES string of the molecule is CCOc1nn(CC)cc1-c1nnc(SCc2ccc(C(=O)OC)cc2)n1C. The molecule has 0 aliphatic heterocycles. The van der Waals surface area contributed by atoms with E-state index in [1.165, 1.54) is 7.11 Å². The van der Waals surface area contributed by atoms with E-state index in [1.54, 1.807) is 23.9 Å². The summed E-state index contributed by atoms with van der Waals surface area (Å²) in [5.41, 5.74) is 2.44. The Morgan fingerprint density at radius 3 is 2.57 bits per heavy atom. The number of aromatic nitrogens is 5. The number of esters is 1. The molecule has 3 aromatic rings. The Kier molecular flexibility index (Phi) is 6.35. The highest BCUT2D eigenvalue weighted by Gasteiger charge is 2.19. The van der Waals surface area contributed by atoms with E-state index in [4.69, 9.17) is 9.47 Å². The van der Waals surface area contributed by atoms with Gasteiger partial charge in [0.1, 0.15) is 5.56 Å². The first kappa shape index (κ1) is 19.9. The summed E-state index contributed by atoms with van der Waals surface area (Å²) in [6, 6.07) is 7.35. The van der Waals surface area contributed by atoms with Crippen LogP contribution in [0.25, 0.3) is 11.4 Å². The summed E-state index contributed by atoms with van der Waals surface area (Å²) in [5.74, 6) is 1.65. The number of thioether (sulfide) groups is 1. The van der Waals surface area contributed by atoms with Crippen LogP contribution in [0.15, 0.2) is 35.6 Å². The fourth-order valence-corrected chi connectivity index (χ4v) is 3.51. The second-order valence-electron chi connectivity index (χ2n) is 5.98. The Hall–Kier alpha value is -2.81. The number of benzene rings is 1. The van der Waals surface area contributed by atoms with Crippen molar-refractivity contribution in [1.29, 1.82) is 0 Å². The van der Waals surface area contributed by atoms with Crippen molar-refractivity contribution in [2.24, 2.45) is 7.05 Å². The van der Waals surface area contributed by atoms with E-state index >= 15 is 0 Å². The lowest BCUT2D eigenvalue weighted by Gasteiger charge is -2.05. The highest BCUT2D eigenvalue weighted by molar-refractivity contribution is 7.98. The van der Waals surface area contributed by atoms with Crippen LogP contribution < -0.4 is 4.74 Å². The fourth-order valence-electron chi connectivity index (χ4n) is 2.64. The summed E-state index contributed by atoms with van der Waals surface area (Å²) in [7, 11) is 3.30. The van der Waals surface area contributed by atoms with Crippen LogP contribution in [0.4, 0.5) is 0 Å². The molecule has 0 unspecified atom stereocenters. The maximum absolute atomic E-state index is 11.5. The smallest absolute Gasteiger partial charge is 0.337 e. The van der Waals surface area contributed by atoms with Gasteiger partial charge < -0.3 is 14.0 Å². The number of hydrogen-bond acceptors (Lipinski definition) is 7. The third-order valence-corrected chi connectivity index (χ3v) is 5.24. The molecule has 2 aromatic heterocycles. The molecule has 28 heavy (non-hydrogen) atoms. The van der Waals surface area contributed by atoms with Gasteiger partial charge >= 0.3 is 5.97 Å². The Bertz CT molecular complexity index is 949. The molecule has 0 fully saturated rings. The van der Waals surface area contributed by atoms with Gasteiger partial charge in [-0.3, -0.25) is 4.68 Å². The number of nitrogens with zero attached hydrogens (tertiary/aromatic N) is 5. The van der Waals surface area contributed by atoms with Gasteiger partial charge in [0.25, 0.3) is 0 Å². The highest BCUT2D eigenvalue weighted by Crippen LogP contribution is 2.30. The molecule has 0 saturated carbocycles. The maximum Gasteiger partial charge on any atom is 0.337 e. The average Bonchev–Trinajstić information content (AvgIpc) is 3.29. The van der Waals surface area contributed by atoms with Crippen LogP contribution in [-0.4, -0.2) is 44.2 Å². The van der Waals surface area contributed by atoms with Crippen molar-refractivity contribution in [2.75, 3.05) is 13.7 Å². The molecular formula is C19H23N5O3S. The zero-order valence-electron chi connectivity index (χ0n) is 16.4. The molecule has 0 saturated heterocycles. The van der Waals surface area contributed by atoms with Gasteiger partial charge in [-0.1, -0.05) is 23.9 Å². The van der Waals surface area contributed by atoms with Gasteiger partial charge in [-0.25, -0.2) is 4.79 Å². The minimum Gasteiger partial charge on any atom is -0.476 e. The van der Waals surface area contributed by atoms with Gasteiger partial charge in [0.05, 0.1) is 19.3 Å². The zero-order valence-corrected chi connectivity index (χ0v) is 17.2. The fraction of sp³-hybridized carbons (Fsp3) is 0.368. The van der Waals surface area contributed by atoms with Gasteiger partial charge in [-0.05, 0) is 31.5 Å². The molecule has 9 heteroatoms. The van der Waals surface area contributed by atoms with E-state index in [0.29, 0.717) is 29.6 Å². The predicted molar refractivity (Wildman–Crippen MR) is 106 cm³/mol. The quantitative estimate of drug-likeness (QED) is 0.423. The summed E-state index contributed by atoms with van der Waals surface area (Å²) >= 11 is 1.57. The van der Waals surface area contributed by atoms with Crippen LogP contribution >= 0.6 is 11.8 Å². The van der Waals surface area contributed by atoms with Crippen LogP contribution in [-0.2, 0) is 24.1 Å². The first-order valence-electron chi connectivity index (χ1n) is 8.97. The van der Waals surface area contributed by atoms with Crippen molar-refractivity contribution < 1.29 is 14.3 Å². The summed E-state index contributed by atoms with van der Waals surface area (Å²) in [6.45, 7) is 5.24. The number of rotatable bonds is 8. The van der Waals surface area contributed by atoms with Gasteiger partial charge in [0.2, 0.25) is 5.88 Å². The largest absolute Gasteiger partial charge is 0.476 e. The Morgan fingerprint density at radius 1 is 1.18 bits per heavy atom. The molecule has 3 rings (SSSR count). The van der Waals surface area contributed by atoms with Gasteiger partial charge in [-0.15, -0.1) is 15.3 Å². The molecule has 0 atom stereocenters. The Labute approximate surface area is 167 Å². The van der Waals surface area contributed by atoms with E-state index < -0.39 is 0 Å². The molecule has 0 aliphatic rings. The van der Waals surface area contributed by atoms with E-state index in [-0.39, 0.29) is 5.97 Å². The van der Waals surface area contributed by atoms with Crippen LogP contribution in [0.2, 0.25) is 0 Å². The molecule has 1 aromatic carbocycles. The molecule has 0 amide bonds. The number of ether oxygens (including phenoxy) is 2. The second kappa shape index (κ2) is 8.92. The normalized spacial score (nSPS) is 10.9. The Morgan fingerprint density at radius 2 is 1.93 bits per heavy atom. The summed E-state index contributed by atoms with van der Waals surface area (Å²) < 4.78 is 14.1. The van der Waals surface area contributed by atoms with E-state index in [0.717, 1.165) is 22.8 Å². The molecule has 0 aliphatic carbocycles. The van der Waals surface area contributed by atoms with Crippen LogP contribution in [0.1, 0.15) is 29.8 Å². The first-order valence-corrected chi connectivity index (χ1v) is 9.96. The number of carbonyl (C=O) groups is 1. The maximum atomic E-state index is 11.5. The van der Waals surface area contributed by atoms with E-state index in [2.05, 4.69) is 15.3 Å². The molecule has 0 spiro atoms. The van der Waals surface area contributed by atoms with Gasteiger partial charge in [-0.2, -0.15) is 0 Å². The summed E-state index contributed by atoms with van der Waals surface area (Å²) in [6.07, 6.45) is 1.93. The van der Waals surface area contributed by atoms with Crippen LogP contribution in [0, 0.1) is 0 Å². The minimum atomic E-state index is -0.338. The number of carbonyl (C=O) groups excluding carboxylic acids is 1. The standard InChI is InChI=1S/C19H23N5O3S/c1-5-24-11-15(17(22-24)27-6-2)16-20-21-19(23(16)3)28-12-13-7-9-14(10-8-13)18(25)26-4/h7-11H,5-6,12H2,1-4H3. The Balaban J connectivity index is 1.75. The molecule has 0 N–H and O–H groups in total. The lowest BCUT2D eigenvalue weighted by molar-refractivity contribution is 0.0600. The minimum absolute atomic E-state index is 0.338. The first-order chi connectivity index (χ1) is 13.6. The monoisotopic (exact) mass is 401 g/mol. The van der Waals surface area contributed by atoms with Crippen molar-refractivity contribution in [3.05, 3.63) is 41.6 Å². The van der Waals surface area contributed by atoms with Crippen LogP contribution in [0.5, 0.6) is 5.88 Å². The average molecular weight is 401 g/mol. The topological polar surface area (TPSA) is 84.1 Å². The molecular weight excluding hydrogens is 378 g/mol. The van der Waals surface area contributed by atoms with Gasteiger partial charge in [0.15, 0.2) is 11.0 Å². The van der Waals surface area contributed by atoms with Crippen molar-refractivity contribution in [3.63, 3.8) is 0 Å². The number of aryl methyl sites for hydroxylation is 1. The summed E-state index contributed by atoms with van der Waals surface area (Å²) in [4.78, 5) is 11.5. The van der Waals surface area contributed by atoms with Crippen LogP contribution in [0.3, 0.4) is 0 Å². The molecule has 148 valence electrons. The van der Waals surface area contributed by atoms with Crippen molar-refractivity contribution >= 4 is 17.7 Å². The van der Waals surface area contributed by atoms with Crippen molar-refractivity contribution in [3.8, 4) is 17.3 Å². The molecule has 0 bridgehead atoms. The zero-order chi connectivity index (χ0) is 20.1. The predicted octanol–water partition coefficient (Wildman–Crippen LogP) is 3.18. The summed E-state index contributed by atoms with van der Waals surface area (Å²) in [5, 5.41) is 13.9. The van der Waals surface area contributed by atoms with Crippen molar-refractivity contribution in [2.45, 2.75) is 31.3 Å². The molecule has 8 nitrogen and oxygen atoms in total. The van der Waals surface area contributed by atoms with E-state index in [9.17, 15) is 4.79 Å². The van der Waals surface area contributed by atoms with E-state index in [1.807, 2.05) is 48.5 Å².